The van der Waals surface area contributed by atoms with Crippen LogP contribution in [0.3, 0.4) is 0 Å². The van der Waals surface area contributed by atoms with Crippen LogP contribution in [0, 0.1) is 41.4 Å². The van der Waals surface area contributed by atoms with Gasteiger partial charge in [-0.1, -0.05) is 13.8 Å². The molecule has 0 fully saturated rings. The van der Waals surface area contributed by atoms with E-state index in [1.54, 1.807) is 17.7 Å². The number of aliphatic hydroxyl groups excluding tert-OH is 1. The summed E-state index contributed by atoms with van der Waals surface area (Å²) in [6.45, 7) is 6.52. The lowest BCUT2D eigenvalue weighted by Gasteiger charge is -2.18. The predicted octanol–water partition coefficient (Wildman–Crippen LogP) is 2.27. The van der Waals surface area contributed by atoms with Gasteiger partial charge in [-0.15, -0.1) is 0 Å². The quantitative estimate of drug-likeness (QED) is 0.559. The van der Waals surface area contributed by atoms with Crippen molar-refractivity contribution in [3.8, 4) is 12.1 Å². The van der Waals surface area contributed by atoms with Crippen LogP contribution in [0.5, 0.6) is 0 Å². The van der Waals surface area contributed by atoms with Gasteiger partial charge in [0.1, 0.15) is 23.4 Å². The highest BCUT2D eigenvalue weighted by molar-refractivity contribution is 6.01. The van der Waals surface area contributed by atoms with E-state index in [-0.39, 0.29) is 18.1 Å². The number of nitrogens with one attached hydrogen (secondary N) is 1. The fourth-order valence-corrected chi connectivity index (χ4v) is 2.77. The normalized spacial score (nSPS) is 12.6. The Kier molecular flexibility index (Phi) is 7.91. The summed E-state index contributed by atoms with van der Waals surface area (Å²) in [5.41, 5.74) is 1.97. The molecule has 0 saturated heterocycles. The first-order chi connectivity index (χ1) is 11.8. The number of hydrogen-bond acceptors (Lipinski definition) is 4. The Morgan fingerprint density at radius 2 is 2.12 bits per heavy atom. The Morgan fingerprint density at radius 1 is 1.44 bits per heavy atom. The Morgan fingerprint density at radius 3 is 2.60 bits per heavy atom. The van der Waals surface area contributed by atoms with Gasteiger partial charge in [-0.05, 0) is 49.3 Å². The highest BCUT2D eigenvalue weighted by Gasteiger charge is 2.16. The van der Waals surface area contributed by atoms with Crippen molar-refractivity contribution in [2.45, 2.75) is 33.6 Å². The number of carbonyl (C=O) groups is 1. The molecule has 0 aliphatic carbocycles. The van der Waals surface area contributed by atoms with Gasteiger partial charge in [-0.2, -0.15) is 10.5 Å². The van der Waals surface area contributed by atoms with Crippen LogP contribution in [0.15, 0.2) is 11.6 Å². The van der Waals surface area contributed by atoms with E-state index in [0.717, 1.165) is 12.1 Å². The molecule has 1 unspecified atom stereocenters. The molecule has 2 N–H and O–H groups in total. The molecule has 1 atom stereocenters. The molecule has 6 nitrogen and oxygen atoms in total. The van der Waals surface area contributed by atoms with E-state index in [4.69, 9.17) is 10.4 Å². The topological polar surface area (TPSA) is 102 Å². The second kappa shape index (κ2) is 9.66. The monoisotopic (exact) mass is 342 g/mol. The van der Waals surface area contributed by atoms with Crippen molar-refractivity contribution in [1.82, 2.24) is 9.88 Å². The van der Waals surface area contributed by atoms with Crippen LogP contribution in [0.2, 0.25) is 0 Å². The number of amides is 1. The summed E-state index contributed by atoms with van der Waals surface area (Å²) >= 11 is 0. The van der Waals surface area contributed by atoms with Gasteiger partial charge in [0.05, 0.1) is 0 Å². The van der Waals surface area contributed by atoms with Gasteiger partial charge in [-0.25, -0.2) is 0 Å². The summed E-state index contributed by atoms with van der Waals surface area (Å²) in [5, 5.41) is 30.3. The second-order valence-electron chi connectivity index (χ2n) is 6.63. The number of hydrogen-bond donors (Lipinski definition) is 2. The molecule has 1 rings (SSSR count). The summed E-state index contributed by atoms with van der Waals surface area (Å²) in [6, 6.07) is 5.66. The van der Waals surface area contributed by atoms with Crippen molar-refractivity contribution < 1.29 is 9.90 Å². The van der Waals surface area contributed by atoms with Gasteiger partial charge in [0, 0.05) is 25.9 Å². The summed E-state index contributed by atoms with van der Waals surface area (Å²) in [5.74, 6) is 0.212. The Balaban J connectivity index is 2.88. The summed E-state index contributed by atoms with van der Waals surface area (Å²) in [6.07, 6.45) is 3.03. The summed E-state index contributed by atoms with van der Waals surface area (Å²) in [4.78, 5) is 12.3. The molecule has 1 aromatic heterocycles. The van der Waals surface area contributed by atoms with Crippen LogP contribution in [0.1, 0.15) is 43.6 Å². The molecule has 1 amide bonds. The standard InChI is InChI=1S/C19H26N4O2/c1-13(2)7-15(5-6-24)12-22-19(25)17(10-20)8-16-9-18(11-21)23(4)14(16)3/h8-9,13,15,24H,5-7,12H2,1-4H3,(H,22,25)/b17-8+. The lowest BCUT2D eigenvalue weighted by Crippen LogP contribution is -2.31. The third kappa shape index (κ3) is 5.77. The van der Waals surface area contributed by atoms with E-state index in [1.165, 1.54) is 6.08 Å². The number of nitrogens with zero attached hydrogens (tertiary/aromatic N) is 3. The second-order valence-corrected chi connectivity index (χ2v) is 6.63. The third-order valence-corrected chi connectivity index (χ3v) is 4.25. The van der Waals surface area contributed by atoms with Crippen LogP contribution in [-0.4, -0.2) is 28.7 Å². The maximum absolute atomic E-state index is 12.3. The van der Waals surface area contributed by atoms with Gasteiger partial charge in [0.15, 0.2) is 0 Å². The van der Waals surface area contributed by atoms with Crippen molar-refractivity contribution in [1.29, 1.82) is 10.5 Å². The van der Waals surface area contributed by atoms with Gasteiger partial charge >= 0.3 is 0 Å². The van der Waals surface area contributed by atoms with Crippen molar-refractivity contribution in [3.63, 3.8) is 0 Å². The first-order valence-electron chi connectivity index (χ1n) is 8.41. The largest absolute Gasteiger partial charge is 0.396 e. The predicted molar refractivity (Wildman–Crippen MR) is 96.1 cm³/mol. The zero-order valence-corrected chi connectivity index (χ0v) is 15.3. The van der Waals surface area contributed by atoms with E-state index < -0.39 is 5.91 Å². The first-order valence-corrected chi connectivity index (χ1v) is 8.41. The minimum atomic E-state index is -0.434. The zero-order valence-electron chi connectivity index (χ0n) is 15.3. The van der Waals surface area contributed by atoms with Crippen molar-refractivity contribution in [2.75, 3.05) is 13.2 Å². The Labute approximate surface area is 149 Å². The van der Waals surface area contributed by atoms with Crippen molar-refractivity contribution in [3.05, 3.63) is 28.6 Å². The molecular weight excluding hydrogens is 316 g/mol. The fourth-order valence-electron chi connectivity index (χ4n) is 2.77. The molecule has 0 aliphatic heterocycles. The summed E-state index contributed by atoms with van der Waals surface area (Å²) < 4.78 is 1.72. The lowest BCUT2D eigenvalue weighted by molar-refractivity contribution is -0.117. The molecule has 134 valence electrons. The number of aromatic nitrogens is 1. The molecule has 1 heterocycles. The Hall–Kier alpha value is -2.57. The van der Waals surface area contributed by atoms with Gasteiger partial charge < -0.3 is 15.0 Å². The van der Waals surface area contributed by atoms with E-state index in [1.807, 2.05) is 13.0 Å². The molecular formula is C19H26N4O2. The van der Waals surface area contributed by atoms with Crippen LogP contribution in [0.25, 0.3) is 6.08 Å². The van der Waals surface area contributed by atoms with Crippen molar-refractivity contribution >= 4 is 12.0 Å². The highest BCUT2D eigenvalue weighted by atomic mass is 16.3. The third-order valence-electron chi connectivity index (χ3n) is 4.25. The molecule has 0 spiro atoms. The molecule has 6 heteroatoms. The van der Waals surface area contributed by atoms with Crippen molar-refractivity contribution in [2.24, 2.45) is 18.9 Å². The van der Waals surface area contributed by atoms with Crippen LogP contribution in [-0.2, 0) is 11.8 Å². The fraction of sp³-hybridized carbons (Fsp3) is 0.526. The van der Waals surface area contributed by atoms with Crippen LogP contribution >= 0.6 is 0 Å². The molecule has 0 aliphatic rings. The number of aliphatic hydroxyl groups is 1. The Bertz CT molecular complexity index is 717. The molecule has 0 bridgehead atoms. The van der Waals surface area contributed by atoms with E-state index in [0.29, 0.717) is 30.1 Å². The molecule has 25 heavy (non-hydrogen) atoms. The smallest absolute Gasteiger partial charge is 0.261 e. The highest BCUT2D eigenvalue weighted by Crippen LogP contribution is 2.18. The average Bonchev–Trinajstić information content (AvgIpc) is 2.84. The molecule has 0 radical (unpaired) electrons. The minimum absolute atomic E-state index is 0.00508. The molecule has 0 aromatic carbocycles. The van der Waals surface area contributed by atoms with E-state index >= 15 is 0 Å². The minimum Gasteiger partial charge on any atom is -0.396 e. The van der Waals surface area contributed by atoms with E-state index in [2.05, 4.69) is 25.2 Å². The average molecular weight is 342 g/mol. The number of carbonyl (C=O) groups excluding carboxylic acids is 1. The van der Waals surface area contributed by atoms with Gasteiger partial charge in [-0.3, -0.25) is 4.79 Å². The molecule has 0 saturated carbocycles. The maximum Gasteiger partial charge on any atom is 0.261 e. The van der Waals surface area contributed by atoms with Gasteiger partial charge in [0.2, 0.25) is 0 Å². The van der Waals surface area contributed by atoms with Gasteiger partial charge in [0.25, 0.3) is 5.91 Å². The van der Waals surface area contributed by atoms with Crippen LogP contribution in [0.4, 0.5) is 0 Å². The molecule has 1 aromatic rings. The summed E-state index contributed by atoms with van der Waals surface area (Å²) in [7, 11) is 1.77. The lowest BCUT2D eigenvalue weighted by atomic mass is 9.94. The van der Waals surface area contributed by atoms with E-state index in [9.17, 15) is 10.1 Å². The number of rotatable bonds is 8. The SMILES string of the molecule is Cc1c(/C=C(\C#N)C(=O)NCC(CCO)CC(C)C)cc(C#N)n1C. The maximum atomic E-state index is 12.3. The van der Waals surface area contributed by atoms with Crippen LogP contribution < -0.4 is 5.32 Å². The number of nitriles is 2. The zero-order chi connectivity index (χ0) is 19.0. The first kappa shape index (κ1) is 20.5.